The Bertz CT molecular complexity index is 1300. The van der Waals surface area contributed by atoms with Crippen molar-refractivity contribution in [3.8, 4) is 23.0 Å². The molecule has 0 fully saturated rings. The molecule has 0 aliphatic carbocycles. The van der Waals surface area contributed by atoms with Gasteiger partial charge in [-0.3, -0.25) is 4.79 Å². The number of aliphatic carboxylic acids is 2. The predicted octanol–water partition coefficient (Wildman–Crippen LogP) is 3.70. The van der Waals surface area contributed by atoms with Crippen LogP contribution in [0.2, 0.25) is 0 Å². The second-order valence-electron chi connectivity index (χ2n) is 7.88. The summed E-state index contributed by atoms with van der Waals surface area (Å²) in [6.07, 6.45) is 5.73. The van der Waals surface area contributed by atoms with Crippen LogP contribution < -0.4 is 14.2 Å². The van der Waals surface area contributed by atoms with Gasteiger partial charge in [0.25, 0.3) is 0 Å². The number of ketones is 1. The number of hydrogen-bond donors (Lipinski definition) is 3. The van der Waals surface area contributed by atoms with Gasteiger partial charge in [0, 0.05) is 18.7 Å². The van der Waals surface area contributed by atoms with Gasteiger partial charge in [0.15, 0.2) is 17.1 Å². The van der Waals surface area contributed by atoms with E-state index in [1.165, 1.54) is 26.6 Å². The number of allylic oxidation sites excluding steroid dienone is 1. The minimum atomic E-state index is -1.26. The van der Waals surface area contributed by atoms with Crippen LogP contribution >= 0.6 is 0 Å². The third-order valence-corrected chi connectivity index (χ3v) is 4.90. The quantitative estimate of drug-likeness (QED) is 0.247. The molecule has 38 heavy (non-hydrogen) atoms. The van der Waals surface area contributed by atoms with Crippen LogP contribution in [0.4, 0.5) is 0 Å². The number of likely N-dealkylation sites (N-methyl/N-ethyl adjacent to an activating group) is 1. The zero-order chi connectivity index (χ0) is 28.2. The molecule has 0 aliphatic rings. The van der Waals surface area contributed by atoms with Crippen molar-refractivity contribution in [3.05, 3.63) is 65.9 Å². The molecule has 0 bridgehead atoms. The van der Waals surface area contributed by atoms with Crippen LogP contribution in [0, 0.1) is 0 Å². The first-order valence-corrected chi connectivity index (χ1v) is 11.2. The highest BCUT2D eigenvalue weighted by Gasteiger charge is 2.28. The SMILES string of the molecule is COc1c(C(=O)/C=C\c2ccc(O)cc2)c(OCCN(C)C)c(OC)c2occc12.O=C(O)/C=C/C(=O)O. The molecule has 11 nitrogen and oxygen atoms in total. The molecule has 202 valence electrons. The number of fused-ring (bicyclic) bond motifs is 1. The van der Waals surface area contributed by atoms with E-state index in [1.807, 2.05) is 19.0 Å². The largest absolute Gasteiger partial charge is 0.508 e. The molecular weight excluding hydrogens is 498 g/mol. The minimum Gasteiger partial charge on any atom is -0.508 e. The molecule has 2 aromatic carbocycles. The number of furan rings is 1. The molecule has 0 saturated carbocycles. The average molecular weight is 528 g/mol. The molecule has 3 aromatic rings. The molecule has 0 atom stereocenters. The minimum absolute atomic E-state index is 0.159. The van der Waals surface area contributed by atoms with Crippen LogP contribution in [-0.2, 0) is 9.59 Å². The molecule has 0 aliphatic heterocycles. The van der Waals surface area contributed by atoms with E-state index in [-0.39, 0.29) is 22.8 Å². The molecule has 1 aromatic heterocycles. The van der Waals surface area contributed by atoms with Crippen molar-refractivity contribution in [1.82, 2.24) is 4.90 Å². The maximum absolute atomic E-state index is 13.2. The highest BCUT2D eigenvalue weighted by molar-refractivity contribution is 6.15. The molecule has 0 amide bonds. The van der Waals surface area contributed by atoms with E-state index < -0.39 is 11.9 Å². The van der Waals surface area contributed by atoms with Gasteiger partial charge in [-0.05, 0) is 43.9 Å². The maximum Gasteiger partial charge on any atom is 0.328 e. The Labute approximate surface area is 218 Å². The van der Waals surface area contributed by atoms with Crippen LogP contribution in [0.1, 0.15) is 15.9 Å². The number of ether oxygens (including phenoxy) is 3. The van der Waals surface area contributed by atoms with Crippen LogP contribution in [0.25, 0.3) is 17.0 Å². The fourth-order valence-electron chi connectivity index (χ4n) is 3.19. The van der Waals surface area contributed by atoms with Gasteiger partial charge in [-0.2, -0.15) is 0 Å². The molecule has 0 unspecified atom stereocenters. The molecular formula is C27H29NO10. The zero-order valence-electron chi connectivity index (χ0n) is 21.3. The molecule has 0 spiro atoms. The lowest BCUT2D eigenvalue weighted by molar-refractivity contribution is -0.134. The number of phenolic OH excluding ortho intramolecular Hbond substituents is 1. The smallest absolute Gasteiger partial charge is 0.328 e. The van der Waals surface area contributed by atoms with Crippen molar-refractivity contribution in [2.45, 2.75) is 0 Å². The number of benzene rings is 2. The van der Waals surface area contributed by atoms with Crippen molar-refractivity contribution in [2.75, 3.05) is 41.5 Å². The Morgan fingerprint density at radius 3 is 2.03 bits per heavy atom. The third-order valence-electron chi connectivity index (χ3n) is 4.90. The lowest BCUT2D eigenvalue weighted by Gasteiger charge is -2.18. The van der Waals surface area contributed by atoms with E-state index in [9.17, 15) is 19.5 Å². The first kappa shape index (κ1) is 29.5. The summed E-state index contributed by atoms with van der Waals surface area (Å²) in [7, 11) is 6.87. The van der Waals surface area contributed by atoms with Crippen LogP contribution in [0.5, 0.6) is 23.0 Å². The highest BCUT2D eigenvalue weighted by Crippen LogP contribution is 2.46. The Kier molecular flexibility index (Phi) is 10.9. The Hall–Kier alpha value is -4.77. The van der Waals surface area contributed by atoms with Gasteiger partial charge in [0.2, 0.25) is 5.75 Å². The summed E-state index contributed by atoms with van der Waals surface area (Å²) in [5.74, 6) is -1.68. The maximum atomic E-state index is 13.2. The summed E-state index contributed by atoms with van der Waals surface area (Å²) < 4.78 is 22.7. The van der Waals surface area contributed by atoms with Crippen LogP contribution in [0.3, 0.4) is 0 Å². The van der Waals surface area contributed by atoms with Crippen molar-refractivity contribution in [2.24, 2.45) is 0 Å². The van der Waals surface area contributed by atoms with Crippen molar-refractivity contribution >= 4 is 34.8 Å². The number of nitrogens with zero attached hydrogens (tertiary/aromatic N) is 1. The summed E-state index contributed by atoms with van der Waals surface area (Å²) in [5.41, 5.74) is 1.48. The van der Waals surface area contributed by atoms with E-state index in [1.54, 1.807) is 36.4 Å². The molecule has 0 radical (unpaired) electrons. The van der Waals surface area contributed by atoms with Crippen molar-refractivity contribution in [3.63, 3.8) is 0 Å². The second-order valence-corrected chi connectivity index (χ2v) is 7.88. The fourth-order valence-corrected chi connectivity index (χ4v) is 3.19. The molecule has 3 rings (SSSR count). The Morgan fingerprint density at radius 2 is 1.50 bits per heavy atom. The number of carboxylic acid groups (broad SMARTS) is 2. The van der Waals surface area contributed by atoms with E-state index >= 15 is 0 Å². The number of carboxylic acids is 2. The van der Waals surface area contributed by atoms with E-state index in [0.717, 1.165) is 5.56 Å². The number of carbonyl (C=O) groups is 3. The fraction of sp³-hybridized carbons (Fsp3) is 0.222. The Morgan fingerprint density at radius 1 is 0.895 bits per heavy atom. The number of aromatic hydroxyl groups is 1. The van der Waals surface area contributed by atoms with Crippen LogP contribution in [-0.4, -0.2) is 79.4 Å². The molecule has 11 heteroatoms. The standard InChI is InChI=1S/C23H25NO6.C4H4O4/c1-24(2)12-14-30-22-19(18(26)10-7-15-5-8-16(25)9-6-15)20(27-3)17-11-13-29-21(17)23(22)28-4;5-3(6)1-2-4(7)8/h5-11,13,25H,12,14H2,1-4H3;1-2H,(H,5,6)(H,7,8)/b10-7-;2-1+. The number of hydrogen-bond acceptors (Lipinski definition) is 9. The zero-order valence-corrected chi connectivity index (χ0v) is 21.3. The first-order chi connectivity index (χ1) is 18.1. The van der Waals surface area contributed by atoms with Gasteiger partial charge in [0.1, 0.15) is 23.7 Å². The number of rotatable bonds is 11. The van der Waals surface area contributed by atoms with E-state index in [4.69, 9.17) is 28.8 Å². The normalized spacial score (nSPS) is 11.0. The second kappa shape index (κ2) is 14.1. The van der Waals surface area contributed by atoms with E-state index in [0.29, 0.717) is 47.8 Å². The van der Waals surface area contributed by atoms with Gasteiger partial charge in [-0.15, -0.1) is 0 Å². The number of phenols is 1. The lowest BCUT2D eigenvalue weighted by Crippen LogP contribution is -2.20. The predicted molar refractivity (Wildman–Crippen MR) is 139 cm³/mol. The summed E-state index contributed by atoms with van der Waals surface area (Å²) in [5, 5.41) is 25.7. The van der Waals surface area contributed by atoms with Crippen LogP contribution in [0.15, 0.2) is 59.2 Å². The lowest BCUT2D eigenvalue weighted by atomic mass is 10.0. The molecule has 0 saturated heterocycles. The average Bonchev–Trinajstić information content (AvgIpc) is 3.35. The highest BCUT2D eigenvalue weighted by atomic mass is 16.5. The van der Waals surface area contributed by atoms with Crippen molar-refractivity contribution < 1.29 is 48.3 Å². The molecule has 3 N–H and O–H groups in total. The van der Waals surface area contributed by atoms with Gasteiger partial charge in [-0.1, -0.05) is 18.2 Å². The first-order valence-electron chi connectivity index (χ1n) is 11.2. The summed E-state index contributed by atoms with van der Waals surface area (Å²) in [6, 6.07) is 8.26. The van der Waals surface area contributed by atoms with Gasteiger partial charge in [-0.25, -0.2) is 9.59 Å². The van der Waals surface area contributed by atoms with Gasteiger partial charge < -0.3 is 38.8 Å². The summed E-state index contributed by atoms with van der Waals surface area (Å²) in [4.78, 5) is 34.3. The third kappa shape index (κ3) is 8.14. The number of carbonyl (C=O) groups excluding carboxylic acids is 1. The topological polar surface area (TPSA) is 156 Å². The van der Waals surface area contributed by atoms with Crippen molar-refractivity contribution in [1.29, 1.82) is 0 Å². The van der Waals surface area contributed by atoms with Gasteiger partial charge >= 0.3 is 11.9 Å². The summed E-state index contributed by atoms with van der Waals surface area (Å²) in [6.45, 7) is 0.999. The van der Waals surface area contributed by atoms with Gasteiger partial charge in [0.05, 0.1) is 25.9 Å². The monoisotopic (exact) mass is 527 g/mol. The Balaban J connectivity index is 0.000000550. The molecule has 1 heterocycles. The number of methoxy groups -OCH3 is 2. The van der Waals surface area contributed by atoms with E-state index in [2.05, 4.69) is 0 Å². The summed E-state index contributed by atoms with van der Waals surface area (Å²) >= 11 is 0.